The summed E-state index contributed by atoms with van der Waals surface area (Å²) >= 11 is 0. The number of ether oxygens (including phenoxy) is 2. The van der Waals surface area contributed by atoms with Crippen LogP contribution >= 0.6 is 0 Å². The highest BCUT2D eigenvalue weighted by Gasteiger charge is 2.16. The Morgan fingerprint density at radius 3 is 2.56 bits per heavy atom. The van der Waals surface area contributed by atoms with Crippen molar-refractivity contribution >= 4 is 5.78 Å². The highest BCUT2D eigenvalue weighted by Crippen LogP contribution is 2.28. The van der Waals surface area contributed by atoms with Crippen molar-refractivity contribution in [1.82, 2.24) is 0 Å². The van der Waals surface area contributed by atoms with E-state index in [1.807, 2.05) is 43.3 Å². The van der Waals surface area contributed by atoms with Gasteiger partial charge in [0.1, 0.15) is 6.61 Å². The van der Waals surface area contributed by atoms with Crippen molar-refractivity contribution in [2.24, 2.45) is 5.73 Å². The number of Topliss-reactive ketones (excluding diaryl/α,β-unsaturated/α-hetero) is 1. The van der Waals surface area contributed by atoms with Gasteiger partial charge < -0.3 is 15.2 Å². The lowest BCUT2D eigenvalue weighted by molar-refractivity contribution is -0.120. The van der Waals surface area contributed by atoms with E-state index in [4.69, 9.17) is 21.6 Å². The summed E-state index contributed by atoms with van der Waals surface area (Å²) in [5, 5.41) is 0. The average molecular weight is 337 g/mol. The second kappa shape index (κ2) is 8.91. The summed E-state index contributed by atoms with van der Waals surface area (Å²) in [5.74, 6) is 3.62. The fourth-order valence-corrected chi connectivity index (χ4v) is 2.49. The average Bonchev–Trinajstić information content (AvgIpc) is 2.64. The molecule has 2 N–H and O–H groups in total. The first-order chi connectivity index (χ1) is 12.0. The molecular formula is C21H23NO3. The van der Waals surface area contributed by atoms with Gasteiger partial charge in [0.2, 0.25) is 0 Å². The van der Waals surface area contributed by atoms with E-state index in [1.165, 1.54) is 0 Å². The molecule has 4 nitrogen and oxygen atoms in total. The number of rotatable bonds is 8. The minimum absolute atomic E-state index is 0.00970. The minimum atomic E-state index is -0.597. The first kappa shape index (κ1) is 18.6. The van der Waals surface area contributed by atoms with Gasteiger partial charge in [-0.1, -0.05) is 41.8 Å². The Balaban J connectivity index is 1.99. The zero-order valence-electron chi connectivity index (χ0n) is 14.6. The lowest BCUT2D eigenvalue weighted by atomic mass is 9.97. The molecule has 0 aliphatic heterocycles. The van der Waals surface area contributed by atoms with Crippen molar-refractivity contribution in [3.8, 4) is 23.8 Å². The molecule has 1 unspecified atom stereocenters. The van der Waals surface area contributed by atoms with Gasteiger partial charge in [0, 0.05) is 6.42 Å². The van der Waals surface area contributed by atoms with E-state index >= 15 is 0 Å². The Labute approximate surface area is 149 Å². The molecule has 0 aliphatic rings. The van der Waals surface area contributed by atoms with Gasteiger partial charge in [-0.2, -0.15) is 0 Å². The molecule has 0 saturated carbocycles. The quantitative estimate of drug-likeness (QED) is 0.751. The van der Waals surface area contributed by atoms with Gasteiger partial charge in [-0.15, -0.1) is 6.42 Å². The molecule has 2 aromatic carbocycles. The highest BCUT2D eigenvalue weighted by atomic mass is 16.5. The second-order valence-electron chi connectivity index (χ2n) is 5.83. The van der Waals surface area contributed by atoms with Crippen molar-refractivity contribution in [2.75, 3.05) is 13.7 Å². The smallest absolute Gasteiger partial charge is 0.162 e. The molecule has 130 valence electrons. The number of hydrogen-bond acceptors (Lipinski definition) is 4. The van der Waals surface area contributed by atoms with Crippen LogP contribution in [-0.4, -0.2) is 19.5 Å². The highest BCUT2D eigenvalue weighted by molar-refractivity contribution is 5.85. The van der Waals surface area contributed by atoms with E-state index in [1.54, 1.807) is 13.2 Å². The normalized spacial score (nSPS) is 11.4. The summed E-state index contributed by atoms with van der Waals surface area (Å²) in [6, 6.07) is 12.7. The van der Waals surface area contributed by atoms with Crippen LogP contribution in [0.25, 0.3) is 0 Å². The van der Waals surface area contributed by atoms with E-state index in [2.05, 4.69) is 5.92 Å². The van der Waals surface area contributed by atoms with Crippen LogP contribution in [0, 0.1) is 19.3 Å². The number of benzene rings is 2. The number of methoxy groups -OCH3 is 1. The predicted octanol–water partition coefficient (Wildman–Crippen LogP) is 3.22. The summed E-state index contributed by atoms with van der Waals surface area (Å²) in [4.78, 5) is 12.4. The maximum absolute atomic E-state index is 12.4. The fourth-order valence-electron chi connectivity index (χ4n) is 2.49. The van der Waals surface area contributed by atoms with Crippen LogP contribution in [-0.2, 0) is 11.2 Å². The van der Waals surface area contributed by atoms with Crippen LogP contribution in [0.3, 0.4) is 0 Å². The molecule has 2 rings (SSSR count). The predicted molar refractivity (Wildman–Crippen MR) is 98.8 cm³/mol. The van der Waals surface area contributed by atoms with Gasteiger partial charge in [0.25, 0.3) is 0 Å². The molecule has 0 saturated heterocycles. The third-order valence-corrected chi connectivity index (χ3v) is 3.98. The third-order valence-electron chi connectivity index (χ3n) is 3.98. The minimum Gasteiger partial charge on any atom is -0.493 e. The molecule has 0 radical (unpaired) electrons. The number of ketones is 1. The Morgan fingerprint density at radius 2 is 1.92 bits per heavy atom. The van der Waals surface area contributed by atoms with Crippen molar-refractivity contribution in [3.63, 3.8) is 0 Å². The van der Waals surface area contributed by atoms with Gasteiger partial charge in [-0.25, -0.2) is 0 Å². The summed E-state index contributed by atoms with van der Waals surface area (Å²) in [6.45, 7) is 2.18. The standard InChI is InChI=1S/C21H23NO3/c1-4-13-25-19-12-8-16(14-20(19)24-3)7-11-18(23)21(22)17-9-5-15(2)6-10-17/h1,5-6,8-10,12,14,21H,7,11,13,22H2,2-3H3. The molecule has 4 heteroatoms. The number of nitrogens with two attached hydrogens (primary N) is 1. The summed E-state index contributed by atoms with van der Waals surface area (Å²) < 4.78 is 10.7. The number of terminal acetylenes is 1. The van der Waals surface area contributed by atoms with Crippen molar-refractivity contribution < 1.29 is 14.3 Å². The summed E-state index contributed by atoms with van der Waals surface area (Å²) in [5.41, 5.74) is 9.04. The van der Waals surface area contributed by atoms with Crippen molar-refractivity contribution in [1.29, 1.82) is 0 Å². The van der Waals surface area contributed by atoms with Crippen molar-refractivity contribution in [2.45, 2.75) is 25.8 Å². The largest absolute Gasteiger partial charge is 0.493 e. The number of carbonyl (C=O) groups excluding carboxylic acids is 1. The Morgan fingerprint density at radius 1 is 1.20 bits per heavy atom. The van der Waals surface area contributed by atoms with Crippen LogP contribution < -0.4 is 15.2 Å². The van der Waals surface area contributed by atoms with E-state index < -0.39 is 6.04 Å². The molecule has 0 heterocycles. The van der Waals surface area contributed by atoms with Gasteiger partial charge in [0.05, 0.1) is 13.2 Å². The van der Waals surface area contributed by atoms with E-state index in [0.29, 0.717) is 24.3 Å². The lowest BCUT2D eigenvalue weighted by Crippen LogP contribution is -2.21. The third kappa shape index (κ3) is 5.10. The topological polar surface area (TPSA) is 61.5 Å². The first-order valence-corrected chi connectivity index (χ1v) is 8.13. The zero-order valence-corrected chi connectivity index (χ0v) is 14.6. The van der Waals surface area contributed by atoms with E-state index in [9.17, 15) is 4.79 Å². The Bertz CT molecular complexity index is 760. The molecule has 0 amide bonds. The van der Waals surface area contributed by atoms with Gasteiger partial charge in [-0.3, -0.25) is 4.79 Å². The molecule has 0 spiro atoms. The summed E-state index contributed by atoms with van der Waals surface area (Å²) in [6.07, 6.45) is 6.15. The molecule has 0 aliphatic carbocycles. The SMILES string of the molecule is C#CCOc1ccc(CCC(=O)C(N)c2ccc(C)cc2)cc1OC. The van der Waals surface area contributed by atoms with Gasteiger partial charge >= 0.3 is 0 Å². The van der Waals surface area contributed by atoms with Crippen LogP contribution in [0.15, 0.2) is 42.5 Å². The molecule has 0 aromatic heterocycles. The zero-order chi connectivity index (χ0) is 18.2. The monoisotopic (exact) mass is 337 g/mol. The molecule has 0 bridgehead atoms. The van der Waals surface area contributed by atoms with E-state index in [-0.39, 0.29) is 12.4 Å². The maximum Gasteiger partial charge on any atom is 0.162 e. The number of hydrogen-bond donors (Lipinski definition) is 1. The van der Waals surface area contributed by atoms with E-state index in [0.717, 1.165) is 16.7 Å². The van der Waals surface area contributed by atoms with Crippen LogP contribution in [0.2, 0.25) is 0 Å². The fraction of sp³-hybridized carbons (Fsp3) is 0.286. The Kier molecular flexibility index (Phi) is 6.62. The lowest BCUT2D eigenvalue weighted by Gasteiger charge is -2.13. The van der Waals surface area contributed by atoms with Crippen LogP contribution in [0.1, 0.15) is 29.2 Å². The molecule has 2 aromatic rings. The Hall–Kier alpha value is -2.77. The molecular weight excluding hydrogens is 314 g/mol. The summed E-state index contributed by atoms with van der Waals surface area (Å²) in [7, 11) is 1.57. The van der Waals surface area contributed by atoms with Crippen molar-refractivity contribution in [3.05, 3.63) is 59.2 Å². The first-order valence-electron chi connectivity index (χ1n) is 8.13. The van der Waals surface area contributed by atoms with Crippen LogP contribution in [0.4, 0.5) is 0 Å². The molecule has 0 fully saturated rings. The number of carbonyl (C=O) groups is 1. The maximum atomic E-state index is 12.4. The number of aryl methyl sites for hydroxylation is 2. The molecule has 25 heavy (non-hydrogen) atoms. The second-order valence-corrected chi connectivity index (χ2v) is 5.83. The van der Waals surface area contributed by atoms with Crippen LogP contribution in [0.5, 0.6) is 11.5 Å². The van der Waals surface area contributed by atoms with Gasteiger partial charge in [0.15, 0.2) is 17.3 Å². The molecule has 1 atom stereocenters. The van der Waals surface area contributed by atoms with Gasteiger partial charge in [-0.05, 0) is 36.6 Å².